The van der Waals surface area contributed by atoms with Gasteiger partial charge in [0.1, 0.15) is 0 Å². The zero-order valence-electron chi connectivity index (χ0n) is 11.0. The summed E-state index contributed by atoms with van der Waals surface area (Å²) in [6.45, 7) is 3.16. The molecule has 1 aromatic heterocycles. The maximum Gasteiger partial charge on any atom is 0.283 e. The van der Waals surface area contributed by atoms with Gasteiger partial charge < -0.3 is 5.32 Å². The summed E-state index contributed by atoms with van der Waals surface area (Å²) < 4.78 is 0.527. The van der Waals surface area contributed by atoms with Crippen LogP contribution in [0.3, 0.4) is 0 Å². The molecular weight excluding hydrogens is 322 g/mol. The van der Waals surface area contributed by atoms with E-state index in [0.717, 1.165) is 16.8 Å². The lowest BCUT2D eigenvalue weighted by molar-refractivity contribution is -0.385. The number of halogens is 1. The summed E-state index contributed by atoms with van der Waals surface area (Å²) >= 11 is 3.28. The average Bonchev–Trinajstić information content (AvgIpc) is 2.42. The quantitative estimate of drug-likeness (QED) is 0.672. The fraction of sp³-hybridized carbons (Fsp3) is 0.214. The number of pyridine rings is 1. The molecule has 0 bridgehead atoms. The van der Waals surface area contributed by atoms with Crippen LogP contribution in [0.15, 0.2) is 41.0 Å². The molecule has 1 N–H and O–H groups in total. The van der Waals surface area contributed by atoms with E-state index in [2.05, 4.69) is 26.2 Å². The molecule has 2 aromatic rings. The van der Waals surface area contributed by atoms with Crippen molar-refractivity contribution in [3.8, 4) is 0 Å². The van der Waals surface area contributed by atoms with Gasteiger partial charge in [0.2, 0.25) is 0 Å². The molecule has 0 fully saturated rings. The number of aryl methyl sites for hydroxylation is 1. The molecule has 0 saturated carbocycles. The number of nitro benzene ring substituents is 1. The minimum Gasteiger partial charge on any atom is -0.309 e. The van der Waals surface area contributed by atoms with Crippen molar-refractivity contribution < 1.29 is 4.92 Å². The highest BCUT2D eigenvalue weighted by Gasteiger charge is 2.14. The Kier molecular flexibility index (Phi) is 4.81. The van der Waals surface area contributed by atoms with Gasteiger partial charge in [0.15, 0.2) is 0 Å². The lowest BCUT2D eigenvalue weighted by Gasteiger charge is -2.07. The Labute approximate surface area is 125 Å². The van der Waals surface area contributed by atoms with Crippen LogP contribution in [-0.2, 0) is 13.1 Å². The molecule has 6 heteroatoms. The Morgan fingerprint density at radius 3 is 2.75 bits per heavy atom. The van der Waals surface area contributed by atoms with Crippen molar-refractivity contribution in [2.24, 2.45) is 0 Å². The van der Waals surface area contributed by atoms with Crippen molar-refractivity contribution in [3.63, 3.8) is 0 Å². The highest BCUT2D eigenvalue weighted by Crippen LogP contribution is 2.28. The first-order chi connectivity index (χ1) is 9.58. The molecular formula is C14H14BrN3O2. The Morgan fingerprint density at radius 1 is 1.30 bits per heavy atom. The van der Waals surface area contributed by atoms with Crippen LogP contribution in [0.4, 0.5) is 5.69 Å². The summed E-state index contributed by atoms with van der Waals surface area (Å²) in [5.41, 5.74) is 3.01. The van der Waals surface area contributed by atoms with Gasteiger partial charge in [-0.25, -0.2) is 0 Å². The van der Waals surface area contributed by atoms with Gasteiger partial charge in [-0.15, -0.1) is 0 Å². The number of rotatable bonds is 5. The first-order valence-electron chi connectivity index (χ1n) is 6.12. The van der Waals surface area contributed by atoms with Crippen LogP contribution < -0.4 is 5.32 Å². The topological polar surface area (TPSA) is 68.1 Å². The molecule has 0 spiro atoms. The second kappa shape index (κ2) is 6.58. The molecule has 0 saturated heterocycles. The molecule has 0 amide bonds. The second-order valence-electron chi connectivity index (χ2n) is 4.42. The zero-order valence-corrected chi connectivity index (χ0v) is 12.6. The molecule has 0 radical (unpaired) electrons. The van der Waals surface area contributed by atoms with Gasteiger partial charge in [-0.1, -0.05) is 18.2 Å². The van der Waals surface area contributed by atoms with Gasteiger partial charge in [-0.2, -0.15) is 0 Å². The van der Waals surface area contributed by atoms with E-state index in [9.17, 15) is 10.1 Å². The Balaban J connectivity index is 1.99. The molecule has 0 aliphatic carbocycles. The minimum atomic E-state index is -0.391. The summed E-state index contributed by atoms with van der Waals surface area (Å²) in [5, 5.41) is 14.1. The zero-order chi connectivity index (χ0) is 14.5. The number of nitrogens with zero attached hydrogens (tertiary/aromatic N) is 2. The van der Waals surface area contributed by atoms with E-state index >= 15 is 0 Å². The van der Waals surface area contributed by atoms with E-state index in [4.69, 9.17) is 0 Å². The van der Waals surface area contributed by atoms with Crippen LogP contribution in [0, 0.1) is 17.0 Å². The highest BCUT2D eigenvalue weighted by atomic mass is 79.9. The van der Waals surface area contributed by atoms with Crippen molar-refractivity contribution in [3.05, 3.63) is 67.9 Å². The number of aromatic nitrogens is 1. The van der Waals surface area contributed by atoms with Crippen molar-refractivity contribution in [2.45, 2.75) is 20.0 Å². The Bertz CT molecular complexity index is 614. The summed E-state index contributed by atoms with van der Waals surface area (Å²) in [4.78, 5) is 14.7. The normalized spacial score (nSPS) is 10.5. The first-order valence-corrected chi connectivity index (χ1v) is 6.91. The largest absolute Gasteiger partial charge is 0.309 e. The number of benzene rings is 1. The number of hydrogen-bond acceptors (Lipinski definition) is 4. The highest BCUT2D eigenvalue weighted by molar-refractivity contribution is 9.10. The third kappa shape index (κ3) is 3.61. The molecule has 1 heterocycles. The molecule has 0 atom stereocenters. The molecule has 2 rings (SSSR count). The van der Waals surface area contributed by atoms with Gasteiger partial charge >= 0.3 is 0 Å². The summed E-state index contributed by atoms with van der Waals surface area (Å²) in [6, 6.07) is 9.00. The molecule has 20 heavy (non-hydrogen) atoms. The second-order valence-corrected chi connectivity index (χ2v) is 5.21. The molecule has 104 valence electrons. The number of nitro groups is 1. The smallest absolute Gasteiger partial charge is 0.283 e. The Hall–Kier alpha value is -1.79. The summed E-state index contributed by atoms with van der Waals surface area (Å²) in [5.74, 6) is 0. The monoisotopic (exact) mass is 335 g/mol. The molecule has 5 nitrogen and oxygen atoms in total. The standard InChI is InChI=1S/C14H14BrN3O2/c1-10-5-6-11(8-17-10)7-16-9-12-3-2-4-13(14(12)15)18(19)20/h2-6,8,16H,7,9H2,1H3. The molecule has 1 aromatic carbocycles. The minimum absolute atomic E-state index is 0.0845. The fourth-order valence-corrected chi connectivity index (χ4v) is 2.34. The van der Waals surface area contributed by atoms with Crippen LogP contribution in [0.1, 0.15) is 16.8 Å². The van der Waals surface area contributed by atoms with E-state index in [1.165, 1.54) is 6.07 Å². The van der Waals surface area contributed by atoms with Gasteiger partial charge in [0.25, 0.3) is 5.69 Å². The summed E-state index contributed by atoms with van der Waals surface area (Å²) in [6.07, 6.45) is 1.82. The van der Waals surface area contributed by atoms with Crippen molar-refractivity contribution >= 4 is 21.6 Å². The predicted molar refractivity (Wildman–Crippen MR) is 80.3 cm³/mol. The van der Waals surface area contributed by atoms with Gasteiger partial charge in [0.05, 0.1) is 9.40 Å². The third-order valence-corrected chi connectivity index (χ3v) is 3.79. The van der Waals surface area contributed by atoms with Gasteiger partial charge in [-0.3, -0.25) is 15.1 Å². The van der Waals surface area contributed by atoms with Crippen LogP contribution in [0.25, 0.3) is 0 Å². The van der Waals surface area contributed by atoms with E-state index in [1.54, 1.807) is 6.07 Å². The van der Waals surface area contributed by atoms with Crippen LogP contribution in [0.5, 0.6) is 0 Å². The van der Waals surface area contributed by atoms with Crippen molar-refractivity contribution in [1.29, 1.82) is 0 Å². The third-order valence-electron chi connectivity index (χ3n) is 2.87. The number of nitrogens with one attached hydrogen (secondary N) is 1. The average molecular weight is 336 g/mol. The van der Waals surface area contributed by atoms with Crippen LogP contribution in [0.2, 0.25) is 0 Å². The lowest BCUT2D eigenvalue weighted by atomic mass is 10.2. The maximum atomic E-state index is 10.8. The van der Waals surface area contributed by atoms with Gasteiger partial charge in [0, 0.05) is 31.0 Å². The predicted octanol–water partition coefficient (Wildman–Crippen LogP) is 3.35. The van der Waals surface area contributed by atoms with Crippen molar-refractivity contribution in [2.75, 3.05) is 0 Å². The maximum absolute atomic E-state index is 10.8. The summed E-state index contributed by atoms with van der Waals surface area (Å²) in [7, 11) is 0. The first kappa shape index (κ1) is 14.6. The van der Waals surface area contributed by atoms with E-state index < -0.39 is 4.92 Å². The molecule has 0 aliphatic rings. The van der Waals surface area contributed by atoms with Crippen LogP contribution in [-0.4, -0.2) is 9.91 Å². The van der Waals surface area contributed by atoms with Crippen LogP contribution >= 0.6 is 15.9 Å². The fourth-order valence-electron chi connectivity index (χ4n) is 1.79. The molecule has 0 aliphatic heterocycles. The van der Waals surface area contributed by atoms with E-state index in [-0.39, 0.29) is 5.69 Å². The lowest BCUT2D eigenvalue weighted by Crippen LogP contribution is -2.13. The molecule has 0 unspecified atom stereocenters. The van der Waals surface area contributed by atoms with E-state index in [1.807, 2.05) is 31.3 Å². The van der Waals surface area contributed by atoms with E-state index in [0.29, 0.717) is 17.6 Å². The SMILES string of the molecule is Cc1ccc(CNCc2cccc([N+](=O)[O-])c2Br)cn1. The van der Waals surface area contributed by atoms with Crippen molar-refractivity contribution in [1.82, 2.24) is 10.3 Å². The number of hydrogen-bond donors (Lipinski definition) is 1. The Morgan fingerprint density at radius 2 is 2.10 bits per heavy atom. The van der Waals surface area contributed by atoms with Gasteiger partial charge in [-0.05, 0) is 40.0 Å².